The van der Waals surface area contributed by atoms with E-state index in [9.17, 15) is 4.79 Å². The van der Waals surface area contributed by atoms with E-state index in [0.29, 0.717) is 31.4 Å². The van der Waals surface area contributed by atoms with Gasteiger partial charge < -0.3 is 14.8 Å². The van der Waals surface area contributed by atoms with E-state index in [-0.39, 0.29) is 5.91 Å². The van der Waals surface area contributed by atoms with Crippen LogP contribution in [0, 0.1) is 0 Å². The molecule has 0 aliphatic rings. The van der Waals surface area contributed by atoms with E-state index in [2.05, 4.69) is 17.2 Å². The molecule has 124 valence electrons. The summed E-state index contributed by atoms with van der Waals surface area (Å²) in [5.41, 5.74) is 1.84. The SMILES string of the molecule is CCCOc1ccc(-c2csc(NC(=O)CCOCC)n2)cc1. The first kappa shape index (κ1) is 17.4. The number of hydrogen-bond donors (Lipinski definition) is 1. The summed E-state index contributed by atoms with van der Waals surface area (Å²) in [6, 6.07) is 7.82. The number of carbonyl (C=O) groups is 1. The third-order valence-corrected chi connectivity index (χ3v) is 3.81. The lowest BCUT2D eigenvalue weighted by Crippen LogP contribution is -2.13. The number of anilines is 1. The Kier molecular flexibility index (Phi) is 7.03. The van der Waals surface area contributed by atoms with Crippen molar-refractivity contribution in [3.8, 4) is 17.0 Å². The Balaban J connectivity index is 1.92. The number of nitrogens with one attached hydrogen (secondary N) is 1. The van der Waals surface area contributed by atoms with Crippen molar-refractivity contribution in [3.63, 3.8) is 0 Å². The minimum atomic E-state index is -0.0809. The highest BCUT2D eigenvalue weighted by Gasteiger charge is 2.08. The molecule has 23 heavy (non-hydrogen) atoms. The number of nitrogens with zero attached hydrogens (tertiary/aromatic N) is 1. The molecule has 1 amide bonds. The molecule has 1 aromatic heterocycles. The molecule has 6 heteroatoms. The van der Waals surface area contributed by atoms with Gasteiger partial charge in [0.05, 0.1) is 25.3 Å². The maximum atomic E-state index is 11.7. The van der Waals surface area contributed by atoms with Crippen LogP contribution in [0.2, 0.25) is 0 Å². The number of thiazole rings is 1. The number of hydrogen-bond acceptors (Lipinski definition) is 5. The lowest BCUT2D eigenvalue weighted by atomic mass is 10.2. The first-order valence-electron chi connectivity index (χ1n) is 7.79. The van der Waals surface area contributed by atoms with Crippen molar-refractivity contribution in [2.45, 2.75) is 26.7 Å². The number of benzene rings is 1. The summed E-state index contributed by atoms with van der Waals surface area (Å²) in [5.74, 6) is 0.776. The van der Waals surface area contributed by atoms with Crippen LogP contribution in [0.5, 0.6) is 5.75 Å². The van der Waals surface area contributed by atoms with Crippen molar-refractivity contribution >= 4 is 22.4 Å². The second-order valence-corrected chi connectivity index (χ2v) is 5.76. The average Bonchev–Trinajstić information content (AvgIpc) is 3.02. The third-order valence-electron chi connectivity index (χ3n) is 3.05. The summed E-state index contributed by atoms with van der Waals surface area (Å²) >= 11 is 1.41. The summed E-state index contributed by atoms with van der Waals surface area (Å²) < 4.78 is 10.7. The smallest absolute Gasteiger partial charge is 0.228 e. The van der Waals surface area contributed by atoms with Crippen molar-refractivity contribution in [2.75, 3.05) is 25.1 Å². The molecule has 5 nitrogen and oxygen atoms in total. The van der Waals surface area contributed by atoms with Crippen LogP contribution in [0.1, 0.15) is 26.7 Å². The highest BCUT2D eigenvalue weighted by molar-refractivity contribution is 7.14. The molecule has 0 aliphatic carbocycles. The van der Waals surface area contributed by atoms with Crippen molar-refractivity contribution < 1.29 is 14.3 Å². The van der Waals surface area contributed by atoms with Gasteiger partial charge in [0.25, 0.3) is 0 Å². The molecule has 0 atom stereocenters. The Morgan fingerprint density at radius 2 is 2.00 bits per heavy atom. The van der Waals surface area contributed by atoms with Gasteiger partial charge in [-0.1, -0.05) is 6.92 Å². The topological polar surface area (TPSA) is 60.5 Å². The molecule has 1 N–H and O–H groups in total. The van der Waals surface area contributed by atoms with Crippen molar-refractivity contribution in [3.05, 3.63) is 29.6 Å². The summed E-state index contributed by atoms with van der Waals surface area (Å²) in [6.07, 6.45) is 1.33. The molecule has 0 bridgehead atoms. The molecule has 0 fully saturated rings. The zero-order valence-electron chi connectivity index (χ0n) is 13.5. The second kappa shape index (κ2) is 9.27. The molecule has 0 saturated heterocycles. The second-order valence-electron chi connectivity index (χ2n) is 4.91. The molecular weight excluding hydrogens is 312 g/mol. The van der Waals surface area contributed by atoms with E-state index in [1.807, 2.05) is 36.6 Å². The standard InChI is InChI=1S/C17H22N2O3S/c1-3-10-22-14-7-5-13(6-8-14)15-12-23-17(18-15)19-16(20)9-11-21-4-2/h5-8,12H,3-4,9-11H2,1-2H3,(H,18,19,20). The largest absolute Gasteiger partial charge is 0.494 e. The van der Waals surface area contributed by atoms with Gasteiger partial charge in [0.1, 0.15) is 5.75 Å². The third kappa shape index (κ3) is 5.65. The molecular formula is C17H22N2O3S. The fourth-order valence-corrected chi connectivity index (χ4v) is 2.63. The van der Waals surface area contributed by atoms with E-state index in [1.165, 1.54) is 11.3 Å². The lowest BCUT2D eigenvalue weighted by molar-refractivity contribution is -0.117. The van der Waals surface area contributed by atoms with E-state index in [0.717, 1.165) is 23.4 Å². The summed E-state index contributed by atoms with van der Waals surface area (Å²) in [4.78, 5) is 16.2. The van der Waals surface area contributed by atoms with Gasteiger partial charge in [0, 0.05) is 17.6 Å². The van der Waals surface area contributed by atoms with Crippen LogP contribution in [0.25, 0.3) is 11.3 Å². The molecule has 0 aliphatic heterocycles. The number of carbonyl (C=O) groups excluding carboxylic acids is 1. The molecule has 1 heterocycles. The first-order chi connectivity index (χ1) is 11.2. The van der Waals surface area contributed by atoms with Gasteiger partial charge in [0.15, 0.2) is 5.13 Å². The average molecular weight is 334 g/mol. The monoisotopic (exact) mass is 334 g/mol. The summed E-state index contributed by atoms with van der Waals surface area (Å²) in [7, 11) is 0. The van der Waals surface area contributed by atoms with Crippen LogP contribution in [-0.4, -0.2) is 30.7 Å². The zero-order valence-corrected chi connectivity index (χ0v) is 14.3. The van der Waals surface area contributed by atoms with Crippen LogP contribution < -0.4 is 10.1 Å². The number of ether oxygens (including phenoxy) is 2. The maximum Gasteiger partial charge on any atom is 0.228 e. The number of amides is 1. The summed E-state index contributed by atoms with van der Waals surface area (Å²) in [5, 5.41) is 5.33. The van der Waals surface area contributed by atoms with Crippen LogP contribution in [-0.2, 0) is 9.53 Å². The predicted molar refractivity (Wildman–Crippen MR) is 93.1 cm³/mol. The normalized spacial score (nSPS) is 10.5. The zero-order chi connectivity index (χ0) is 16.5. The van der Waals surface area contributed by atoms with Gasteiger partial charge >= 0.3 is 0 Å². The first-order valence-corrected chi connectivity index (χ1v) is 8.67. The molecule has 0 unspecified atom stereocenters. The van der Waals surface area contributed by atoms with Gasteiger partial charge in [-0.15, -0.1) is 11.3 Å². The van der Waals surface area contributed by atoms with E-state index in [4.69, 9.17) is 9.47 Å². The summed E-state index contributed by atoms with van der Waals surface area (Å²) in [6.45, 7) is 5.75. The van der Waals surface area contributed by atoms with E-state index in [1.54, 1.807) is 0 Å². The van der Waals surface area contributed by atoms with Crippen molar-refractivity contribution in [1.29, 1.82) is 0 Å². The minimum absolute atomic E-state index is 0.0809. The van der Waals surface area contributed by atoms with Crippen LogP contribution >= 0.6 is 11.3 Å². The molecule has 0 saturated carbocycles. The lowest BCUT2D eigenvalue weighted by Gasteiger charge is -2.04. The van der Waals surface area contributed by atoms with Crippen LogP contribution in [0.15, 0.2) is 29.6 Å². The highest BCUT2D eigenvalue weighted by Crippen LogP contribution is 2.26. The van der Waals surface area contributed by atoms with Gasteiger partial charge in [-0.25, -0.2) is 4.98 Å². The minimum Gasteiger partial charge on any atom is -0.494 e. The molecule has 2 aromatic rings. The fourth-order valence-electron chi connectivity index (χ4n) is 1.90. The fraction of sp³-hybridized carbons (Fsp3) is 0.412. The maximum absolute atomic E-state index is 11.7. The molecule has 0 radical (unpaired) electrons. The Morgan fingerprint density at radius 1 is 1.22 bits per heavy atom. The number of rotatable bonds is 9. The molecule has 1 aromatic carbocycles. The van der Waals surface area contributed by atoms with Crippen LogP contribution in [0.4, 0.5) is 5.13 Å². The highest BCUT2D eigenvalue weighted by atomic mass is 32.1. The Bertz CT molecular complexity index is 611. The quantitative estimate of drug-likeness (QED) is 0.705. The van der Waals surface area contributed by atoms with E-state index >= 15 is 0 Å². The van der Waals surface area contributed by atoms with Gasteiger partial charge in [-0.2, -0.15) is 0 Å². The Morgan fingerprint density at radius 3 is 2.70 bits per heavy atom. The molecule has 2 rings (SSSR count). The molecule has 0 spiro atoms. The van der Waals surface area contributed by atoms with Crippen LogP contribution in [0.3, 0.4) is 0 Å². The Hall–Kier alpha value is -1.92. The number of aromatic nitrogens is 1. The predicted octanol–water partition coefficient (Wildman–Crippen LogP) is 3.96. The van der Waals surface area contributed by atoms with E-state index < -0.39 is 0 Å². The van der Waals surface area contributed by atoms with Crippen molar-refractivity contribution in [1.82, 2.24) is 4.98 Å². The van der Waals surface area contributed by atoms with Crippen molar-refractivity contribution in [2.24, 2.45) is 0 Å². The Labute approximate surface area is 140 Å². The van der Waals surface area contributed by atoms with Gasteiger partial charge in [-0.3, -0.25) is 4.79 Å². The van der Waals surface area contributed by atoms with Gasteiger partial charge in [0.2, 0.25) is 5.91 Å². The van der Waals surface area contributed by atoms with Gasteiger partial charge in [-0.05, 0) is 37.6 Å².